The molecule has 0 saturated carbocycles. The maximum absolute atomic E-state index is 12.5. The van der Waals surface area contributed by atoms with Gasteiger partial charge in [-0.05, 0) is 78.4 Å². The standard InChI is InChI=1S/C31H34F3NO5/c1-3-4-5-6-7-28(23-8-10-24(11-9-23)30(38)35-19-18-29(36)37)39-26-16-17-27(21(2)20-26)22-12-14-25(15-13-22)40-31(32,33)34/h8-17,20,28H,3-7,18-19H2,1-2H3,(H,35,38)(H,36,37). The van der Waals surface area contributed by atoms with E-state index in [1.807, 2.05) is 37.3 Å². The van der Waals surface area contributed by atoms with Gasteiger partial charge in [-0.15, -0.1) is 13.2 Å². The van der Waals surface area contributed by atoms with Crippen molar-refractivity contribution in [3.05, 3.63) is 83.4 Å². The van der Waals surface area contributed by atoms with Crippen LogP contribution >= 0.6 is 0 Å². The molecule has 0 spiro atoms. The Bertz CT molecular complexity index is 1260. The van der Waals surface area contributed by atoms with Gasteiger partial charge in [-0.1, -0.05) is 56.5 Å². The van der Waals surface area contributed by atoms with Gasteiger partial charge in [0.25, 0.3) is 5.91 Å². The molecule has 0 aromatic heterocycles. The number of carbonyl (C=O) groups excluding carboxylic acids is 1. The number of carbonyl (C=O) groups is 2. The van der Waals surface area contributed by atoms with Crippen molar-refractivity contribution < 1.29 is 37.3 Å². The van der Waals surface area contributed by atoms with E-state index in [2.05, 4.69) is 17.0 Å². The molecule has 1 unspecified atom stereocenters. The molecule has 0 saturated heterocycles. The van der Waals surface area contributed by atoms with E-state index in [0.29, 0.717) is 11.3 Å². The summed E-state index contributed by atoms with van der Waals surface area (Å²) in [7, 11) is 0. The maximum Gasteiger partial charge on any atom is 0.573 e. The summed E-state index contributed by atoms with van der Waals surface area (Å²) in [5, 5.41) is 11.3. The molecule has 0 aliphatic carbocycles. The van der Waals surface area contributed by atoms with Crippen molar-refractivity contribution in [2.24, 2.45) is 0 Å². The zero-order valence-electron chi connectivity index (χ0n) is 22.6. The summed E-state index contributed by atoms with van der Waals surface area (Å²) in [6.07, 6.45) is -0.0578. The van der Waals surface area contributed by atoms with Crippen molar-refractivity contribution >= 4 is 11.9 Å². The fourth-order valence-electron chi connectivity index (χ4n) is 4.32. The molecule has 6 nitrogen and oxygen atoms in total. The van der Waals surface area contributed by atoms with E-state index in [9.17, 15) is 22.8 Å². The highest BCUT2D eigenvalue weighted by Gasteiger charge is 2.31. The first-order chi connectivity index (χ1) is 19.1. The SMILES string of the molecule is CCCCCCC(Oc1ccc(-c2ccc(OC(F)(F)F)cc2)c(C)c1)c1ccc(C(=O)NCCC(=O)O)cc1. The van der Waals surface area contributed by atoms with Crippen LogP contribution in [-0.4, -0.2) is 29.9 Å². The molecule has 3 aromatic carbocycles. The number of halogens is 3. The van der Waals surface area contributed by atoms with Gasteiger partial charge in [0, 0.05) is 12.1 Å². The van der Waals surface area contributed by atoms with Crippen LogP contribution < -0.4 is 14.8 Å². The Hall–Kier alpha value is -4.01. The van der Waals surface area contributed by atoms with Gasteiger partial charge in [-0.3, -0.25) is 9.59 Å². The van der Waals surface area contributed by atoms with Crippen LogP contribution in [0, 0.1) is 6.92 Å². The van der Waals surface area contributed by atoms with Crippen molar-refractivity contribution in [3.8, 4) is 22.6 Å². The summed E-state index contributed by atoms with van der Waals surface area (Å²) in [5.41, 5.74) is 3.88. The molecular weight excluding hydrogens is 523 g/mol. The van der Waals surface area contributed by atoms with E-state index < -0.39 is 12.3 Å². The number of amides is 1. The largest absolute Gasteiger partial charge is 0.573 e. The Morgan fingerprint density at radius 3 is 2.20 bits per heavy atom. The normalized spacial score (nSPS) is 12.0. The Kier molecular flexibility index (Phi) is 11.0. The van der Waals surface area contributed by atoms with Crippen molar-refractivity contribution in [1.29, 1.82) is 0 Å². The van der Waals surface area contributed by atoms with Crippen molar-refractivity contribution in [2.45, 2.75) is 64.8 Å². The summed E-state index contributed by atoms with van der Waals surface area (Å²) < 4.78 is 47.8. The van der Waals surface area contributed by atoms with Crippen LogP contribution in [0.1, 0.15) is 73.0 Å². The van der Waals surface area contributed by atoms with Gasteiger partial charge in [0.05, 0.1) is 6.42 Å². The molecule has 0 radical (unpaired) electrons. The predicted molar refractivity (Wildman–Crippen MR) is 146 cm³/mol. The van der Waals surface area contributed by atoms with Crippen molar-refractivity contribution in [3.63, 3.8) is 0 Å². The van der Waals surface area contributed by atoms with Crippen molar-refractivity contribution in [2.75, 3.05) is 6.54 Å². The fourth-order valence-corrected chi connectivity index (χ4v) is 4.32. The van der Waals surface area contributed by atoms with Crippen LogP contribution in [0.25, 0.3) is 11.1 Å². The number of carboxylic acids is 1. The summed E-state index contributed by atoms with van der Waals surface area (Å²) in [6.45, 7) is 4.12. The molecule has 40 heavy (non-hydrogen) atoms. The number of carboxylic acid groups (broad SMARTS) is 1. The molecule has 9 heteroatoms. The number of hydrogen-bond acceptors (Lipinski definition) is 4. The van der Waals surface area contributed by atoms with E-state index in [1.165, 1.54) is 12.1 Å². The maximum atomic E-state index is 12.5. The molecule has 0 heterocycles. The first kappa shape index (κ1) is 30.5. The van der Waals surface area contributed by atoms with Gasteiger partial charge in [-0.2, -0.15) is 0 Å². The van der Waals surface area contributed by atoms with Gasteiger partial charge >= 0.3 is 12.3 Å². The highest BCUT2D eigenvalue weighted by molar-refractivity contribution is 5.94. The minimum absolute atomic E-state index is 0.0555. The molecule has 0 bridgehead atoms. The zero-order valence-corrected chi connectivity index (χ0v) is 22.6. The second kappa shape index (κ2) is 14.4. The molecular formula is C31H34F3NO5. The van der Waals surface area contributed by atoms with Gasteiger partial charge in [0.2, 0.25) is 0 Å². The number of alkyl halides is 3. The van der Waals surface area contributed by atoms with E-state index in [4.69, 9.17) is 9.84 Å². The van der Waals surface area contributed by atoms with Crippen LogP contribution in [0.15, 0.2) is 66.7 Å². The molecule has 3 rings (SSSR count). The summed E-state index contributed by atoms with van der Waals surface area (Å²) in [5.74, 6) is -0.925. The van der Waals surface area contributed by atoms with E-state index >= 15 is 0 Å². The van der Waals surface area contributed by atoms with Crippen LogP contribution in [0.3, 0.4) is 0 Å². The number of nitrogens with one attached hydrogen (secondary N) is 1. The second-order valence-corrected chi connectivity index (χ2v) is 9.53. The zero-order chi connectivity index (χ0) is 29.1. The number of aryl methyl sites for hydroxylation is 1. The van der Waals surface area contributed by atoms with Gasteiger partial charge < -0.3 is 19.9 Å². The summed E-state index contributed by atoms with van der Waals surface area (Å²) >= 11 is 0. The highest BCUT2D eigenvalue weighted by atomic mass is 19.4. The first-order valence-electron chi connectivity index (χ1n) is 13.3. The minimum atomic E-state index is -4.74. The molecule has 2 N–H and O–H groups in total. The lowest BCUT2D eigenvalue weighted by atomic mass is 9.99. The second-order valence-electron chi connectivity index (χ2n) is 9.53. The number of ether oxygens (including phenoxy) is 2. The smallest absolute Gasteiger partial charge is 0.486 e. The number of hydrogen-bond donors (Lipinski definition) is 2. The van der Waals surface area contributed by atoms with Crippen LogP contribution in [0.4, 0.5) is 13.2 Å². The Balaban J connectivity index is 1.73. The van der Waals surface area contributed by atoms with E-state index in [-0.39, 0.29) is 30.7 Å². The molecule has 0 fully saturated rings. The first-order valence-corrected chi connectivity index (χ1v) is 13.3. The molecule has 214 valence electrons. The number of rotatable bonds is 14. The Labute approximate surface area is 232 Å². The number of benzene rings is 3. The molecule has 3 aromatic rings. The molecule has 0 aliphatic heterocycles. The number of aliphatic carboxylic acids is 1. The highest BCUT2D eigenvalue weighted by Crippen LogP contribution is 2.33. The van der Waals surface area contributed by atoms with Crippen molar-refractivity contribution in [1.82, 2.24) is 5.32 Å². The van der Waals surface area contributed by atoms with Crippen LogP contribution in [-0.2, 0) is 4.79 Å². The predicted octanol–water partition coefficient (Wildman–Crippen LogP) is 7.86. The lowest BCUT2D eigenvalue weighted by molar-refractivity contribution is -0.274. The Morgan fingerprint density at radius 2 is 1.60 bits per heavy atom. The van der Waals surface area contributed by atoms with Gasteiger partial charge in [-0.25, -0.2) is 0 Å². The summed E-state index contributed by atoms with van der Waals surface area (Å²) in [6, 6.07) is 18.5. The third kappa shape index (κ3) is 9.63. The molecule has 1 atom stereocenters. The average Bonchev–Trinajstić information content (AvgIpc) is 2.90. The fraction of sp³-hybridized carbons (Fsp3) is 0.355. The monoisotopic (exact) mass is 557 g/mol. The number of unbranched alkanes of at least 4 members (excludes halogenated alkanes) is 3. The minimum Gasteiger partial charge on any atom is -0.486 e. The topological polar surface area (TPSA) is 84.9 Å². The molecule has 1 amide bonds. The van der Waals surface area contributed by atoms with Gasteiger partial charge in [0.1, 0.15) is 17.6 Å². The third-order valence-electron chi connectivity index (χ3n) is 6.36. The quantitative estimate of drug-likeness (QED) is 0.197. The summed E-state index contributed by atoms with van der Waals surface area (Å²) in [4.78, 5) is 23.0. The third-order valence-corrected chi connectivity index (χ3v) is 6.36. The average molecular weight is 558 g/mol. The van der Waals surface area contributed by atoms with E-state index in [1.54, 1.807) is 24.3 Å². The molecule has 0 aliphatic rings. The lowest BCUT2D eigenvalue weighted by Crippen LogP contribution is -2.26. The Morgan fingerprint density at radius 1 is 0.925 bits per heavy atom. The van der Waals surface area contributed by atoms with E-state index in [0.717, 1.165) is 54.4 Å². The van der Waals surface area contributed by atoms with Crippen LogP contribution in [0.5, 0.6) is 11.5 Å². The van der Waals surface area contributed by atoms with Gasteiger partial charge in [0.15, 0.2) is 0 Å². The lowest BCUT2D eigenvalue weighted by Gasteiger charge is -2.21. The van der Waals surface area contributed by atoms with Crippen LogP contribution in [0.2, 0.25) is 0 Å².